The van der Waals surface area contributed by atoms with Crippen molar-refractivity contribution in [1.82, 2.24) is 10.2 Å². The summed E-state index contributed by atoms with van der Waals surface area (Å²) in [5.74, 6) is -0.500. The Morgan fingerprint density at radius 2 is 1.96 bits per heavy atom. The van der Waals surface area contributed by atoms with Gasteiger partial charge in [0.05, 0.1) is 7.11 Å². The second-order valence-corrected chi connectivity index (χ2v) is 8.20. The van der Waals surface area contributed by atoms with Gasteiger partial charge >= 0.3 is 5.97 Å². The van der Waals surface area contributed by atoms with E-state index in [4.69, 9.17) is 9.47 Å². The largest absolute Gasteiger partial charge is 0.484 e. The number of β-lactam (4-membered cyclic amide) rings is 1. The van der Waals surface area contributed by atoms with E-state index >= 15 is 0 Å². The molecule has 2 amide bonds. The first-order valence-electron chi connectivity index (χ1n) is 7.90. The monoisotopic (exact) mass is 364 g/mol. The van der Waals surface area contributed by atoms with Gasteiger partial charge in [-0.2, -0.15) is 0 Å². The van der Waals surface area contributed by atoms with Crippen LogP contribution in [-0.4, -0.2) is 58.6 Å². The number of methoxy groups -OCH3 is 1. The molecule has 8 heteroatoms. The van der Waals surface area contributed by atoms with Gasteiger partial charge in [-0.05, 0) is 26.0 Å². The standard InChI is InChI=1S/C17H20N2O5S/c1-17(2)13(16(22)23-3)19-14(21)12(15(19)25-17)18-11(20)9-24-10-7-5-4-6-8-10/h4-8,12-13,15H,9H2,1-3H3,(H,18,20)/t12-,13+,15-/m1/s1. The fraction of sp³-hybridized carbons (Fsp3) is 0.471. The van der Waals surface area contributed by atoms with E-state index in [1.54, 1.807) is 12.1 Å². The SMILES string of the molecule is COC(=O)[C@@H]1N2C(=O)[C@@H](NC(=O)COc3ccccc3)[C@H]2SC1(C)C. The molecular formula is C17H20N2O5S. The lowest BCUT2D eigenvalue weighted by Crippen LogP contribution is -2.71. The van der Waals surface area contributed by atoms with Crippen molar-refractivity contribution in [3.63, 3.8) is 0 Å². The minimum Gasteiger partial charge on any atom is -0.484 e. The highest BCUT2D eigenvalue weighted by Gasteiger charge is 2.64. The van der Waals surface area contributed by atoms with Crippen molar-refractivity contribution in [1.29, 1.82) is 0 Å². The molecule has 0 aliphatic carbocycles. The Kier molecular flexibility index (Phi) is 4.64. The van der Waals surface area contributed by atoms with Gasteiger partial charge < -0.3 is 19.7 Å². The van der Waals surface area contributed by atoms with Gasteiger partial charge in [-0.15, -0.1) is 11.8 Å². The number of hydrogen-bond donors (Lipinski definition) is 1. The first kappa shape index (κ1) is 17.6. The number of carbonyl (C=O) groups excluding carboxylic acids is 3. The highest BCUT2D eigenvalue weighted by Crippen LogP contribution is 2.50. The molecule has 2 heterocycles. The predicted molar refractivity (Wildman–Crippen MR) is 92.0 cm³/mol. The third-order valence-corrected chi connectivity index (χ3v) is 5.87. The molecule has 3 rings (SSSR count). The number of carbonyl (C=O) groups is 3. The Morgan fingerprint density at radius 1 is 1.28 bits per heavy atom. The third kappa shape index (κ3) is 3.18. The van der Waals surface area contributed by atoms with E-state index in [1.807, 2.05) is 32.0 Å². The van der Waals surface area contributed by atoms with Crippen LogP contribution in [0.25, 0.3) is 0 Å². The zero-order chi connectivity index (χ0) is 18.2. The molecule has 0 radical (unpaired) electrons. The molecule has 1 N–H and O–H groups in total. The average Bonchev–Trinajstić information content (AvgIpc) is 2.86. The second-order valence-electron chi connectivity index (χ2n) is 6.43. The Morgan fingerprint density at radius 3 is 2.60 bits per heavy atom. The van der Waals surface area contributed by atoms with Gasteiger partial charge in [0.1, 0.15) is 23.2 Å². The maximum Gasteiger partial charge on any atom is 0.330 e. The summed E-state index contributed by atoms with van der Waals surface area (Å²) in [6.45, 7) is 3.61. The lowest BCUT2D eigenvalue weighted by molar-refractivity contribution is -0.162. The number of nitrogens with zero attached hydrogens (tertiary/aromatic N) is 1. The van der Waals surface area contributed by atoms with E-state index < -0.39 is 22.8 Å². The molecule has 2 aliphatic rings. The number of fused-ring (bicyclic) bond motifs is 1. The van der Waals surface area contributed by atoms with E-state index in [1.165, 1.54) is 23.8 Å². The molecule has 0 spiro atoms. The number of thioether (sulfide) groups is 1. The summed E-state index contributed by atoms with van der Waals surface area (Å²) in [6.07, 6.45) is 0. The minimum absolute atomic E-state index is 0.172. The first-order valence-corrected chi connectivity index (χ1v) is 8.78. The topological polar surface area (TPSA) is 84.9 Å². The van der Waals surface area contributed by atoms with E-state index in [9.17, 15) is 14.4 Å². The maximum atomic E-state index is 12.4. The maximum absolute atomic E-state index is 12.4. The normalized spacial score (nSPS) is 26.4. The fourth-order valence-corrected chi connectivity index (χ4v) is 4.74. The summed E-state index contributed by atoms with van der Waals surface area (Å²) < 4.78 is 9.73. The van der Waals surface area contributed by atoms with Crippen LogP contribution in [0.5, 0.6) is 5.75 Å². The quantitative estimate of drug-likeness (QED) is 0.614. The number of nitrogens with one attached hydrogen (secondary N) is 1. The van der Waals surface area contributed by atoms with Gasteiger partial charge in [0.15, 0.2) is 6.61 Å². The summed E-state index contributed by atoms with van der Waals surface area (Å²) >= 11 is 1.49. The van der Waals surface area contributed by atoms with Crippen molar-refractivity contribution in [3.05, 3.63) is 30.3 Å². The van der Waals surface area contributed by atoms with Crippen molar-refractivity contribution in [2.45, 2.75) is 36.1 Å². The van der Waals surface area contributed by atoms with Gasteiger partial charge in [0.25, 0.3) is 5.91 Å². The Balaban J connectivity index is 1.59. The first-order chi connectivity index (χ1) is 11.8. The molecule has 3 atom stereocenters. The van der Waals surface area contributed by atoms with E-state index in [0.717, 1.165) is 0 Å². The molecule has 25 heavy (non-hydrogen) atoms. The van der Waals surface area contributed by atoms with Gasteiger partial charge in [0, 0.05) is 4.75 Å². The van der Waals surface area contributed by atoms with Crippen LogP contribution in [0.15, 0.2) is 30.3 Å². The molecule has 134 valence electrons. The minimum atomic E-state index is -0.647. The van der Waals surface area contributed by atoms with Crippen molar-refractivity contribution < 1.29 is 23.9 Å². The molecule has 0 bridgehead atoms. The molecule has 0 aromatic heterocycles. The summed E-state index contributed by atoms with van der Waals surface area (Å²) in [6, 6.07) is 7.68. The van der Waals surface area contributed by atoms with Gasteiger partial charge in [-0.25, -0.2) is 4.79 Å². The zero-order valence-electron chi connectivity index (χ0n) is 14.2. The van der Waals surface area contributed by atoms with Crippen LogP contribution >= 0.6 is 11.8 Å². The van der Waals surface area contributed by atoms with E-state index in [-0.39, 0.29) is 23.8 Å². The summed E-state index contributed by atoms with van der Waals surface area (Å²) in [5.41, 5.74) is 0. The summed E-state index contributed by atoms with van der Waals surface area (Å²) in [4.78, 5) is 38.0. The molecule has 1 aromatic rings. The number of esters is 1. The molecule has 2 aliphatic heterocycles. The average molecular weight is 364 g/mol. The van der Waals surface area contributed by atoms with Crippen molar-refractivity contribution in [2.24, 2.45) is 0 Å². The predicted octanol–water partition coefficient (Wildman–Crippen LogP) is 0.786. The number of rotatable bonds is 5. The Labute approximate surface area is 150 Å². The lowest BCUT2D eigenvalue weighted by atomic mass is 9.96. The number of hydrogen-bond acceptors (Lipinski definition) is 6. The number of amides is 2. The molecule has 1 aromatic carbocycles. The van der Waals surface area contributed by atoms with Crippen LogP contribution in [0.2, 0.25) is 0 Å². The van der Waals surface area contributed by atoms with Crippen molar-refractivity contribution >= 4 is 29.5 Å². The van der Waals surface area contributed by atoms with Crippen molar-refractivity contribution in [2.75, 3.05) is 13.7 Å². The summed E-state index contributed by atoms with van der Waals surface area (Å²) in [5, 5.41) is 2.42. The van der Waals surface area contributed by atoms with Crippen molar-refractivity contribution in [3.8, 4) is 5.75 Å². The van der Waals surface area contributed by atoms with Gasteiger partial charge in [-0.3, -0.25) is 9.59 Å². The third-order valence-electron chi connectivity index (χ3n) is 4.30. The number of para-hydroxylation sites is 1. The smallest absolute Gasteiger partial charge is 0.330 e. The van der Waals surface area contributed by atoms with Crippen LogP contribution in [0, 0.1) is 0 Å². The van der Waals surface area contributed by atoms with Gasteiger partial charge in [0.2, 0.25) is 5.91 Å². The van der Waals surface area contributed by atoms with Crippen LogP contribution in [0.1, 0.15) is 13.8 Å². The zero-order valence-corrected chi connectivity index (χ0v) is 15.0. The highest BCUT2D eigenvalue weighted by molar-refractivity contribution is 8.01. The summed E-state index contributed by atoms with van der Waals surface area (Å²) in [7, 11) is 1.31. The Hall–Kier alpha value is -2.22. The van der Waals surface area contributed by atoms with Crippen LogP contribution in [0.3, 0.4) is 0 Å². The fourth-order valence-electron chi connectivity index (χ4n) is 3.12. The number of benzene rings is 1. The molecule has 2 saturated heterocycles. The Bertz CT molecular complexity index is 694. The van der Waals surface area contributed by atoms with Gasteiger partial charge in [-0.1, -0.05) is 18.2 Å². The lowest BCUT2D eigenvalue weighted by Gasteiger charge is -2.43. The van der Waals surface area contributed by atoms with Crippen LogP contribution in [-0.2, 0) is 19.1 Å². The van der Waals surface area contributed by atoms with Crippen LogP contribution in [0.4, 0.5) is 0 Å². The highest BCUT2D eigenvalue weighted by atomic mass is 32.2. The molecule has 7 nitrogen and oxygen atoms in total. The molecular weight excluding hydrogens is 344 g/mol. The molecule has 0 unspecified atom stereocenters. The number of ether oxygens (including phenoxy) is 2. The van der Waals surface area contributed by atoms with E-state index in [0.29, 0.717) is 5.75 Å². The second kappa shape index (κ2) is 6.59. The van der Waals surface area contributed by atoms with E-state index in [2.05, 4.69) is 5.32 Å². The molecule has 2 fully saturated rings. The molecule has 0 saturated carbocycles. The van der Waals surface area contributed by atoms with Crippen LogP contribution < -0.4 is 10.1 Å².